The highest BCUT2D eigenvalue weighted by Gasteiger charge is 2.23. The molecule has 7 heteroatoms. The lowest BCUT2D eigenvalue weighted by Crippen LogP contribution is -2.29. The Morgan fingerprint density at radius 1 is 0.946 bits per heavy atom. The third kappa shape index (κ3) is 5.38. The number of ether oxygens (including phenoxy) is 1. The Balaban J connectivity index is 1.43. The summed E-state index contributed by atoms with van der Waals surface area (Å²) in [6, 6.07) is 25.8. The second-order valence-electron chi connectivity index (χ2n) is 9.83. The van der Waals surface area contributed by atoms with Crippen LogP contribution < -0.4 is 10.3 Å². The fourth-order valence-corrected chi connectivity index (χ4v) is 5.03. The van der Waals surface area contributed by atoms with Crippen LogP contribution in [0.1, 0.15) is 37.7 Å². The van der Waals surface area contributed by atoms with Crippen LogP contribution in [-0.2, 0) is 12.0 Å². The zero-order valence-electron chi connectivity index (χ0n) is 20.7. The topological polar surface area (TPSA) is 56.5 Å². The van der Waals surface area contributed by atoms with Crippen molar-refractivity contribution in [2.24, 2.45) is 5.10 Å². The van der Waals surface area contributed by atoms with Crippen molar-refractivity contribution < 1.29 is 4.74 Å². The van der Waals surface area contributed by atoms with Gasteiger partial charge in [-0.3, -0.25) is 4.79 Å². The quantitative estimate of drug-likeness (QED) is 0.189. The summed E-state index contributed by atoms with van der Waals surface area (Å²) < 4.78 is 9.15. The van der Waals surface area contributed by atoms with E-state index in [4.69, 9.17) is 9.72 Å². The van der Waals surface area contributed by atoms with Crippen LogP contribution in [0.4, 0.5) is 0 Å². The van der Waals surface area contributed by atoms with E-state index in [-0.39, 0.29) is 11.0 Å². The molecule has 0 aliphatic rings. The molecule has 5 aromatic rings. The van der Waals surface area contributed by atoms with E-state index in [0.717, 1.165) is 25.8 Å². The minimum atomic E-state index is -0.377. The Morgan fingerprint density at radius 3 is 2.51 bits per heavy atom. The van der Waals surface area contributed by atoms with Crippen molar-refractivity contribution in [3.63, 3.8) is 0 Å². The van der Waals surface area contributed by atoms with Crippen LogP contribution in [0.25, 0.3) is 21.7 Å². The van der Waals surface area contributed by atoms with Crippen molar-refractivity contribution in [1.29, 1.82) is 0 Å². The minimum absolute atomic E-state index is 0.207. The molecule has 0 atom stereocenters. The van der Waals surface area contributed by atoms with Gasteiger partial charge in [0.15, 0.2) is 0 Å². The maximum absolute atomic E-state index is 13.4. The van der Waals surface area contributed by atoms with Gasteiger partial charge in [0.05, 0.1) is 21.6 Å². The Kier molecular flexibility index (Phi) is 7.01. The van der Waals surface area contributed by atoms with Gasteiger partial charge in [0.2, 0.25) is 0 Å². The predicted octanol–water partition coefficient (Wildman–Crippen LogP) is 7.83. The molecule has 0 spiro atoms. The highest BCUT2D eigenvalue weighted by atomic mass is 79.9. The molecule has 1 heterocycles. The normalized spacial score (nSPS) is 12.0. The van der Waals surface area contributed by atoms with Crippen molar-refractivity contribution in [1.82, 2.24) is 9.66 Å². The summed E-state index contributed by atoms with van der Waals surface area (Å²) in [5, 5.41) is 7.44. The molecule has 0 fully saturated rings. The molecule has 0 aliphatic carbocycles. The number of aromatic nitrogens is 2. The lowest BCUT2D eigenvalue weighted by molar-refractivity contribution is 0.305. The molecule has 5 rings (SSSR count). The standard InChI is InChI=1S/C30H25Br2N3O2/c1-30(2,3)29-34-26-13-12-22(31)16-24(26)28(36)35(29)33-17-19-11-14-27(25(32)15-19)37-18-21-9-6-8-20-7-4-5-10-23(20)21/h4-17H,18H2,1-3H3. The van der Waals surface area contributed by atoms with E-state index in [1.165, 1.54) is 15.4 Å². The largest absolute Gasteiger partial charge is 0.488 e. The number of hydrogen-bond acceptors (Lipinski definition) is 4. The van der Waals surface area contributed by atoms with E-state index >= 15 is 0 Å². The summed E-state index contributed by atoms with van der Waals surface area (Å²) in [6.07, 6.45) is 1.67. The van der Waals surface area contributed by atoms with Gasteiger partial charge in [-0.25, -0.2) is 4.98 Å². The first-order valence-corrected chi connectivity index (χ1v) is 13.5. The smallest absolute Gasteiger partial charge is 0.282 e. The molecule has 0 N–H and O–H groups in total. The molecule has 5 nitrogen and oxygen atoms in total. The Hall–Kier alpha value is -3.29. The number of fused-ring (bicyclic) bond motifs is 2. The monoisotopic (exact) mass is 617 g/mol. The molecule has 37 heavy (non-hydrogen) atoms. The van der Waals surface area contributed by atoms with E-state index in [1.54, 1.807) is 12.3 Å². The number of rotatable bonds is 5. The highest BCUT2D eigenvalue weighted by molar-refractivity contribution is 9.10. The molecule has 186 valence electrons. The fraction of sp³-hybridized carbons (Fsp3) is 0.167. The van der Waals surface area contributed by atoms with Gasteiger partial charge in [-0.05, 0) is 74.2 Å². The van der Waals surface area contributed by atoms with E-state index in [1.807, 2.05) is 69.3 Å². The van der Waals surface area contributed by atoms with Crippen LogP contribution in [0.2, 0.25) is 0 Å². The van der Waals surface area contributed by atoms with Gasteiger partial charge in [0, 0.05) is 9.89 Å². The van der Waals surface area contributed by atoms with Crippen molar-refractivity contribution in [3.8, 4) is 5.75 Å². The van der Waals surface area contributed by atoms with Crippen LogP contribution in [-0.4, -0.2) is 15.9 Å². The molecule has 0 radical (unpaired) electrons. The number of benzene rings is 4. The second-order valence-corrected chi connectivity index (χ2v) is 11.6. The number of hydrogen-bond donors (Lipinski definition) is 0. The van der Waals surface area contributed by atoms with Gasteiger partial charge in [0.25, 0.3) is 5.56 Å². The van der Waals surface area contributed by atoms with Gasteiger partial charge < -0.3 is 4.74 Å². The van der Waals surface area contributed by atoms with Crippen LogP contribution in [0.5, 0.6) is 5.75 Å². The predicted molar refractivity (Wildman–Crippen MR) is 158 cm³/mol. The first kappa shape index (κ1) is 25.4. The lowest BCUT2D eigenvalue weighted by Gasteiger charge is -2.20. The molecule has 0 saturated heterocycles. The van der Waals surface area contributed by atoms with E-state index in [9.17, 15) is 4.79 Å². The number of halogens is 2. The summed E-state index contributed by atoms with van der Waals surface area (Å²) in [4.78, 5) is 18.1. The molecule has 0 aliphatic heterocycles. The average molecular weight is 619 g/mol. The molecule has 1 aromatic heterocycles. The van der Waals surface area contributed by atoms with Gasteiger partial charge in [-0.2, -0.15) is 9.78 Å². The lowest BCUT2D eigenvalue weighted by atomic mass is 9.95. The van der Waals surface area contributed by atoms with Crippen molar-refractivity contribution in [2.45, 2.75) is 32.8 Å². The fourth-order valence-electron chi connectivity index (χ4n) is 4.15. The Labute approximate surface area is 232 Å². The van der Waals surface area contributed by atoms with Crippen LogP contribution in [0.3, 0.4) is 0 Å². The second kappa shape index (κ2) is 10.2. The first-order chi connectivity index (χ1) is 17.7. The van der Waals surface area contributed by atoms with Crippen molar-refractivity contribution in [3.05, 3.63) is 115 Å². The minimum Gasteiger partial charge on any atom is -0.488 e. The summed E-state index contributed by atoms with van der Waals surface area (Å²) in [5.41, 5.74) is 2.02. The van der Waals surface area contributed by atoms with E-state index in [0.29, 0.717) is 23.3 Å². The van der Waals surface area contributed by atoms with Gasteiger partial charge in [-0.1, -0.05) is 79.2 Å². The highest BCUT2D eigenvalue weighted by Crippen LogP contribution is 2.28. The zero-order valence-corrected chi connectivity index (χ0v) is 23.9. The Morgan fingerprint density at radius 2 is 1.73 bits per heavy atom. The number of nitrogens with zero attached hydrogens (tertiary/aromatic N) is 3. The third-order valence-electron chi connectivity index (χ3n) is 6.02. The Bertz CT molecular complexity index is 1710. The molecule has 4 aromatic carbocycles. The summed E-state index contributed by atoms with van der Waals surface area (Å²) in [5.74, 6) is 1.33. The van der Waals surface area contributed by atoms with E-state index < -0.39 is 0 Å². The van der Waals surface area contributed by atoms with Crippen LogP contribution in [0, 0.1) is 0 Å². The summed E-state index contributed by atoms with van der Waals surface area (Å²) >= 11 is 7.07. The summed E-state index contributed by atoms with van der Waals surface area (Å²) in [6.45, 7) is 6.51. The van der Waals surface area contributed by atoms with Crippen molar-refractivity contribution in [2.75, 3.05) is 0 Å². The van der Waals surface area contributed by atoms with Gasteiger partial charge in [0.1, 0.15) is 18.2 Å². The van der Waals surface area contributed by atoms with Crippen LogP contribution >= 0.6 is 31.9 Å². The van der Waals surface area contributed by atoms with E-state index in [2.05, 4.69) is 61.2 Å². The SMILES string of the molecule is CC(C)(C)c1nc2ccc(Br)cc2c(=O)n1N=Cc1ccc(OCc2cccc3ccccc23)c(Br)c1. The molecule has 0 unspecified atom stereocenters. The molecule has 0 bridgehead atoms. The maximum Gasteiger partial charge on any atom is 0.282 e. The summed E-state index contributed by atoms with van der Waals surface area (Å²) in [7, 11) is 0. The molecular weight excluding hydrogens is 594 g/mol. The zero-order chi connectivity index (χ0) is 26.2. The maximum atomic E-state index is 13.4. The van der Waals surface area contributed by atoms with Crippen molar-refractivity contribution >= 4 is 59.7 Å². The molecule has 0 amide bonds. The molecule has 0 saturated carbocycles. The third-order valence-corrected chi connectivity index (χ3v) is 7.13. The van der Waals surface area contributed by atoms with Crippen LogP contribution in [0.15, 0.2) is 97.7 Å². The van der Waals surface area contributed by atoms with Gasteiger partial charge in [-0.15, -0.1) is 0 Å². The molecular formula is C30H25Br2N3O2. The first-order valence-electron chi connectivity index (χ1n) is 11.9. The average Bonchev–Trinajstić information content (AvgIpc) is 2.87. The van der Waals surface area contributed by atoms with Gasteiger partial charge >= 0.3 is 0 Å².